The van der Waals surface area contributed by atoms with Crippen LogP contribution < -0.4 is 4.90 Å². The number of ether oxygens (including phenoxy) is 1. The minimum Gasteiger partial charge on any atom is -0.477 e. The van der Waals surface area contributed by atoms with Gasteiger partial charge in [0.05, 0.1) is 29.3 Å². The van der Waals surface area contributed by atoms with Gasteiger partial charge in [-0.2, -0.15) is 0 Å². The molecule has 0 unspecified atom stereocenters. The zero-order valence-corrected chi connectivity index (χ0v) is 22.8. The minimum absolute atomic E-state index is 0.0265. The van der Waals surface area contributed by atoms with Crippen molar-refractivity contribution in [2.75, 3.05) is 18.1 Å². The Morgan fingerprint density at radius 3 is 2.47 bits per heavy atom. The number of likely N-dealkylation sites (tertiary alicyclic amines) is 1. The highest BCUT2D eigenvalue weighted by Crippen LogP contribution is 2.38. The van der Waals surface area contributed by atoms with Gasteiger partial charge in [-0.1, -0.05) is 25.7 Å². The number of hydrogen-bond acceptors (Lipinski definition) is 5. The molecule has 4 rings (SSSR count). The minimum atomic E-state index is -1.11. The van der Waals surface area contributed by atoms with Crippen molar-refractivity contribution in [3.05, 3.63) is 15.8 Å². The Morgan fingerprint density at radius 1 is 1.25 bits per heavy atom. The maximum atomic E-state index is 14.1. The van der Waals surface area contributed by atoms with E-state index in [1.54, 1.807) is 6.07 Å². The van der Waals surface area contributed by atoms with E-state index in [4.69, 9.17) is 4.74 Å². The first kappa shape index (κ1) is 26.7. The van der Waals surface area contributed by atoms with E-state index in [2.05, 4.69) is 18.8 Å². The van der Waals surface area contributed by atoms with Crippen LogP contribution in [0.5, 0.6) is 0 Å². The summed E-state index contributed by atoms with van der Waals surface area (Å²) < 4.78 is 5.69. The first-order chi connectivity index (χ1) is 17.0. The number of anilines is 1. The first-order valence-electron chi connectivity index (χ1n) is 13.1. The first-order valence-corrected chi connectivity index (χ1v) is 14.0. The quantitative estimate of drug-likeness (QED) is 0.552. The predicted molar refractivity (Wildman–Crippen MR) is 140 cm³/mol. The largest absolute Gasteiger partial charge is 0.477 e. The monoisotopic (exact) mass is 514 g/mol. The predicted octanol–water partition coefficient (Wildman–Crippen LogP) is 4.78. The average molecular weight is 515 g/mol. The van der Waals surface area contributed by atoms with Gasteiger partial charge in [0.2, 0.25) is 11.8 Å². The molecule has 2 bridgehead atoms. The Morgan fingerprint density at radius 2 is 1.94 bits per heavy atom. The van der Waals surface area contributed by atoms with Crippen LogP contribution in [0.3, 0.4) is 0 Å². The van der Waals surface area contributed by atoms with Crippen molar-refractivity contribution in [1.29, 1.82) is 0 Å². The molecule has 2 amide bonds. The van der Waals surface area contributed by atoms with Crippen molar-refractivity contribution in [3.63, 3.8) is 0 Å². The van der Waals surface area contributed by atoms with Crippen LogP contribution >= 0.6 is 11.3 Å². The third kappa shape index (κ3) is 5.63. The Balaban J connectivity index is 1.75. The number of amides is 2. The summed E-state index contributed by atoms with van der Waals surface area (Å²) in [5, 5.41) is 10.1. The van der Waals surface area contributed by atoms with Crippen LogP contribution in [-0.4, -0.2) is 59.1 Å². The molecule has 36 heavy (non-hydrogen) atoms. The van der Waals surface area contributed by atoms with Crippen molar-refractivity contribution >= 4 is 34.8 Å². The van der Waals surface area contributed by atoms with Gasteiger partial charge in [-0.3, -0.25) is 14.5 Å². The summed E-state index contributed by atoms with van der Waals surface area (Å²) in [6.45, 7) is 11.1. The molecule has 2 aliphatic heterocycles. The molecule has 1 aromatic heterocycles. The zero-order chi connectivity index (χ0) is 26.2. The van der Waals surface area contributed by atoms with E-state index in [-0.39, 0.29) is 40.2 Å². The number of nitrogens with zero attached hydrogens (tertiary/aromatic N) is 2. The molecule has 3 heterocycles. The van der Waals surface area contributed by atoms with Gasteiger partial charge in [-0.15, -0.1) is 11.3 Å². The maximum absolute atomic E-state index is 14.1. The molecule has 3 aliphatic rings. The Labute approximate surface area is 218 Å². The lowest BCUT2D eigenvalue weighted by molar-refractivity contribution is -0.139. The number of carboxylic acid groups (broad SMARTS) is 1. The molecule has 0 radical (unpaired) electrons. The van der Waals surface area contributed by atoms with Crippen LogP contribution in [0.25, 0.3) is 0 Å². The number of carbonyl (C=O) groups is 3. The summed E-state index contributed by atoms with van der Waals surface area (Å²) in [5.74, 6) is 5.25. The van der Waals surface area contributed by atoms with E-state index in [0.29, 0.717) is 36.1 Å². The van der Waals surface area contributed by atoms with E-state index in [1.807, 2.05) is 32.6 Å². The Kier molecular flexibility index (Phi) is 7.82. The second kappa shape index (κ2) is 10.5. The van der Waals surface area contributed by atoms with Gasteiger partial charge >= 0.3 is 5.97 Å². The van der Waals surface area contributed by atoms with Crippen LogP contribution in [-0.2, 0) is 14.3 Å². The highest BCUT2D eigenvalue weighted by atomic mass is 32.1. The van der Waals surface area contributed by atoms with Crippen LogP contribution in [0, 0.1) is 29.1 Å². The number of carboxylic acids is 1. The molecule has 3 fully saturated rings. The number of morpholine rings is 1. The molecule has 7 nitrogen and oxygen atoms in total. The lowest BCUT2D eigenvalue weighted by Crippen LogP contribution is -2.55. The zero-order valence-electron chi connectivity index (χ0n) is 22.0. The molecule has 1 aliphatic carbocycles. The van der Waals surface area contributed by atoms with Crippen molar-refractivity contribution in [1.82, 2.24) is 4.90 Å². The van der Waals surface area contributed by atoms with E-state index in [0.717, 1.165) is 43.4 Å². The highest BCUT2D eigenvalue weighted by Gasteiger charge is 2.46. The fourth-order valence-electron chi connectivity index (χ4n) is 5.50. The Bertz CT molecular complexity index is 1070. The topological polar surface area (TPSA) is 87.2 Å². The van der Waals surface area contributed by atoms with Gasteiger partial charge in [0, 0.05) is 17.9 Å². The highest BCUT2D eigenvalue weighted by molar-refractivity contribution is 7.15. The third-order valence-corrected chi connectivity index (χ3v) is 8.52. The molecule has 0 aromatic carbocycles. The third-order valence-electron chi connectivity index (χ3n) is 7.50. The molecular weight excluding hydrogens is 476 g/mol. The smallest absolute Gasteiger partial charge is 0.348 e. The summed E-state index contributed by atoms with van der Waals surface area (Å²) in [7, 11) is 0. The number of hydrogen-bond donors (Lipinski definition) is 1. The number of aromatic carboxylic acids is 1. The fraction of sp³-hybridized carbons (Fsp3) is 0.679. The molecule has 2 saturated heterocycles. The van der Waals surface area contributed by atoms with E-state index in [1.165, 1.54) is 4.90 Å². The molecule has 3 atom stereocenters. The molecule has 8 heteroatoms. The normalized spacial score (nSPS) is 26.3. The van der Waals surface area contributed by atoms with Gasteiger partial charge in [0.1, 0.15) is 10.9 Å². The SMILES string of the molecule is CC[C@H](C(=O)N1C[C@@H]2C[C@H]1CO2)N(C(=O)C1CCC(C)CC1)c1cc(C#CC(C)(C)C)sc1C(=O)O. The number of rotatable bonds is 6. The molecule has 0 spiro atoms. The molecular formula is C28H38N2O5S. The maximum Gasteiger partial charge on any atom is 0.348 e. The van der Waals surface area contributed by atoms with E-state index < -0.39 is 12.0 Å². The van der Waals surface area contributed by atoms with Crippen LogP contribution in [0.1, 0.15) is 87.7 Å². The van der Waals surface area contributed by atoms with Crippen LogP contribution in [0.15, 0.2) is 6.07 Å². The summed E-state index contributed by atoms with van der Waals surface area (Å²) in [5.41, 5.74) is 0.0519. The van der Waals surface area contributed by atoms with E-state index in [9.17, 15) is 19.5 Å². The van der Waals surface area contributed by atoms with E-state index >= 15 is 0 Å². The number of fused-ring (bicyclic) bond motifs is 2. The Hall–Kier alpha value is -2.37. The van der Waals surface area contributed by atoms with Gasteiger partial charge < -0.3 is 14.7 Å². The average Bonchev–Trinajstić information content (AvgIpc) is 3.56. The van der Waals surface area contributed by atoms with Crippen molar-refractivity contribution in [2.24, 2.45) is 17.3 Å². The second-order valence-electron chi connectivity index (χ2n) is 11.6. The van der Waals surface area contributed by atoms with Crippen molar-refractivity contribution in [3.8, 4) is 11.8 Å². The van der Waals surface area contributed by atoms with Crippen molar-refractivity contribution < 1.29 is 24.2 Å². The van der Waals surface area contributed by atoms with Crippen LogP contribution in [0.4, 0.5) is 5.69 Å². The number of thiophene rings is 1. The number of carbonyl (C=O) groups excluding carboxylic acids is 2. The van der Waals surface area contributed by atoms with Gasteiger partial charge in [-0.25, -0.2) is 4.79 Å². The summed E-state index contributed by atoms with van der Waals surface area (Å²) in [6.07, 6.45) is 4.71. The van der Waals surface area contributed by atoms with Gasteiger partial charge in [-0.05, 0) is 71.3 Å². The summed E-state index contributed by atoms with van der Waals surface area (Å²) in [6, 6.07) is 0.969. The van der Waals surface area contributed by atoms with Crippen molar-refractivity contribution in [2.45, 2.75) is 91.3 Å². The van der Waals surface area contributed by atoms with Gasteiger partial charge in [0.25, 0.3) is 0 Å². The molecule has 1 aromatic rings. The molecule has 196 valence electrons. The molecule has 1 saturated carbocycles. The lowest BCUT2D eigenvalue weighted by atomic mass is 9.82. The second-order valence-corrected chi connectivity index (χ2v) is 12.6. The van der Waals surface area contributed by atoms with Crippen LogP contribution in [0.2, 0.25) is 0 Å². The summed E-state index contributed by atoms with van der Waals surface area (Å²) >= 11 is 1.07. The fourth-order valence-corrected chi connectivity index (χ4v) is 6.34. The standard InChI is InChI=1S/C28H38N2O5S/c1-6-22(26(32)29-15-20-13-19(29)16-35-20)30(25(31)18-9-7-17(2)8-10-18)23-14-21(11-12-28(3,4)5)36-24(23)27(33)34/h14,17-20,22H,6-10,13,15-16H2,1-5H3,(H,33,34)/t17?,18?,19-,20-,22+/m0/s1. The lowest BCUT2D eigenvalue weighted by Gasteiger charge is -2.38. The molecule has 1 N–H and O–H groups in total. The van der Waals surface area contributed by atoms with Gasteiger partial charge in [0.15, 0.2) is 0 Å². The summed E-state index contributed by atoms with van der Waals surface area (Å²) in [4.78, 5) is 44.3.